The number of rotatable bonds is 2. The maximum atomic E-state index is 11.8. The highest BCUT2D eigenvalue weighted by Gasteiger charge is 2.26. The van der Waals surface area contributed by atoms with Gasteiger partial charge in [-0.25, -0.2) is 0 Å². The Bertz CT molecular complexity index is 829. The summed E-state index contributed by atoms with van der Waals surface area (Å²) < 4.78 is 0. The largest absolute Gasteiger partial charge is 0.370 e. The fourth-order valence-corrected chi connectivity index (χ4v) is 3.64. The van der Waals surface area contributed by atoms with Crippen LogP contribution in [0.2, 0.25) is 0 Å². The van der Waals surface area contributed by atoms with Gasteiger partial charge in [0.05, 0.1) is 16.8 Å². The van der Waals surface area contributed by atoms with E-state index in [1.807, 2.05) is 0 Å². The van der Waals surface area contributed by atoms with Gasteiger partial charge in [-0.1, -0.05) is 11.6 Å². The molecule has 3 rings (SSSR count). The lowest BCUT2D eigenvalue weighted by Gasteiger charge is -2.34. The third-order valence-corrected chi connectivity index (χ3v) is 4.83. The molecule has 1 saturated heterocycles. The molecule has 5 heteroatoms. The van der Waals surface area contributed by atoms with Crippen LogP contribution in [0.4, 0.5) is 5.69 Å². The molecule has 1 N–H and O–H groups in total. The van der Waals surface area contributed by atoms with Crippen LogP contribution in [0, 0.1) is 31.1 Å². The number of carbonyl (C=O) groups excluding carboxylic acids is 1. The van der Waals surface area contributed by atoms with E-state index >= 15 is 0 Å². The Morgan fingerprint density at radius 2 is 2.04 bits per heavy atom. The average molecular weight is 322 g/mol. The maximum Gasteiger partial charge on any atom is 0.222 e. The number of anilines is 1. The van der Waals surface area contributed by atoms with Crippen LogP contribution >= 0.6 is 0 Å². The Labute approximate surface area is 142 Å². The van der Waals surface area contributed by atoms with Crippen molar-refractivity contribution in [2.75, 3.05) is 25.0 Å². The number of piperidine rings is 1. The molecule has 0 aliphatic carbocycles. The van der Waals surface area contributed by atoms with E-state index in [0.717, 1.165) is 48.1 Å². The van der Waals surface area contributed by atoms with Crippen molar-refractivity contribution in [1.82, 2.24) is 10.3 Å². The summed E-state index contributed by atoms with van der Waals surface area (Å²) in [4.78, 5) is 18.6. The molecule has 2 heterocycles. The van der Waals surface area contributed by atoms with Crippen LogP contribution in [0.5, 0.6) is 0 Å². The number of aryl methyl sites for hydroxylation is 2. The van der Waals surface area contributed by atoms with Gasteiger partial charge in [-0.3, -0.25) is 9.78 Å². The van der Waals surface area contributed by atoms with Crippen molar-refractivity contribution < 1.29 is 4.79 Å². The number of amides is 1. The minimum absolute atomic E-state index is 0.0633. The number of hydrogen-bond donors (Lipinski definition) is 1. The van der Waals surface area contributed by atoms with Crippen molar-refractivity contribution in [2.45, 2.75) is 26.7 Å². The van der Waals surface area contributed by atoms with Gasteiger partial charge in [-0.2, -0.15) is 5.26 Å². The third-order valence-electron chi connectivity index (χ3n) is 4.83. The number of nitrogens with one attached hydrogen (secondary N) is 1. The standard InChI is InChI=1S/C19H22N4O/c1-12-8-13(2)17-16(9-12)18(15(10-20)11-22-17)23-6-4-14(5-7-23)19(24)21-3/h8-9,11,14H,4-7H2,1-3H3,(H,21,24). The molecule has 0 saturated carbocycles. The summed E-state index contributed by atoms with van der Waals surface area (Å²) in [6, 6.07) is 6.51. The molecule has 1 aliphatic rings. The summed E-state index contributed by atoms with van der Waals surface area (Å²) in [6.45, 7) is 5.67. The molecule has 1 aromatic heterocycles. The number of pyridine rings is 1. The molecule has 0 atom stereocenters. The Kier molecular flexibility index (Phi) is 4.39. The Morgan fingerprint density at radius 3 is 2.67 bits per heavy atom. The second-order valence-electron chi connectivity index (χ2n) is 6.49. The molecule has 5 nitrogen and oxygen atoms in total. The third kappa shape index (κ3) is 2.80. The SMILES string of the molecule is CNC(=O)C1CCN(c2c(C#N)cnc3c(C)cc(C)cc23)CC1. The van der Waals surface area contributed by atoms with Gasteiger partial charge in [0.2, 0.25) is 5.91 Å². The molecular formula is C19H22N4O. The molecule has 1 aliphatic heterocycles. The van der Waals surface area contributed by atoms with Gasteiger partial charge in [0.15, 0.2) is 0 Å². The second-order valence-corrected chi connectivity index (χ2v) is 6.49. The van der Waals surface area contributed by atoms with Gasteiger partial charge in [-0.15, -0.1) is 0 Å². The zero-order valence-corrected chi connectivity index (χ0v) is 14.4. The summed E-state index contributed by atoms with van der Waals surface area (Å²) >= 11 is 0. The summed E-state index contributed by atoms with van der Waals surface area (Å²) in [5, 5.41) is 13.3. The van der Waals surface area contributed by atoms with Crippen LogP contribution in [-0.4, -0.2) is 31.0 Å². The summed E-state index contributed by atoms with van der Waals surface area (Å²) in [7, 11) is 1.68. The molecule has 0 bridgehead atoms. The molecular weight excluding hydrogens is 300 g/mol. The van der Waals surface area contributed by atoms with Crippen molar-refractivity contribution >= 4 is 22.5 Å². The number of hydrogen-bond acceptors (Lipinski definition) is 4. The van der Waals surface area contributed by atoms with Crippen LogP contribution in [-0.2, 0) is 4.79 Å². The monoisotopic (exact) mass is 322 g/mol. The molecule has 124 valence electrons. The first-order valence-corrected chi connectivity index (χ1v) is 8.31. The molecule has 0 spiro atoms. The lowest BCUT2D eigenvalue weighted by molar-refractivity contribution is -0.125. The first-order chi connectivity index (χ1) is 11.5. The predicted octanol–water partition coefficient (Wildman–Crippen LogP) is 2.69. The molecule has 1 amide bonds. The fourth-order valence-electron chi connectivity index (χ4n) is 3.64. The minimum Gasteiger partial charge on any atom is -0.370 e. The molecule has 0 unspecified atom stereocenters. The first-order valence-electron chi connectivity index (χ1n) is 8.31. The smallest absolute Gasteiger partial charge is 0.222 e. The van der Waals surface area contributed by atoms with Gasteiger partial charge >= 0.3 is 0 Å². The topological polar surface area (TPSA) is 69.0 Å². The minimum atomic E-state index is 0.0633. The van der Waals surface area contributed by atoms with Gasteiger partial charge in [0.1, 0.15) is 6.07 Å². The Balaban J connectivity index is 2.03. The number of benzene rings is 1. The lowest BCUT2D eigenvalue weighted by Crippen LogP contribution is -2.40. The molecule has 2 aromatic rings. The number of nitrogens with zero attached hydrogens (tertiary/aromatic N) is 3. The Hall–Kier alpha value is -2.61. The summed E-state index contributed by atoms with van der Waals surface area (Å²) in [6.07, 6.45) is 3.28. The van der Waals surface area contributed by atoms with Crippen molar-refractivity contribution in [2.24, 2.45) is 5.92 Å². The summed E-state index contributed by atoms with van der Waals surface area (Å²) in [5.74, 6) is 0.176. The predicted molar refractivity (Wildman–Crippen MR) is 94.9 cm³/mol. The van der Waals surface area contributed by atoms with E-state index in [-0.39, 0.29) is 11.8 Å². The van der Waals surface area contributed by atoms with E-state index in [4.69, 9.17) is 0 Å². The van der Waals surface area contributed by atoms with Crippen molar-refractivity contribution in [3.05, 3.63) is 35.0 Å². The van der Waals surface area contributed by atoms with E-state index in [1.54, 1.807) is 13.2 Å². The van der Waals surface area contributed by atoms with Gasteiger partial charge in [-0.05, 0) is 38.3 Å². The van der Waals surface area contributed by atoms with Gasteiger partial charge in [0.25, 0.3) is 0 Å². The highest BCUT2D eigenvalue weighted by molar-refractivity contribution is 5.96. The van der Waals surface area contributed by atoms with Crippen LogP contribution in [0.3, 0.4) is 0 Å². The van der Waals surface area contributed by atoms with Gasteiger partial charge < -0.3 is 10.2 Å². The normalized spacial score (nSPS) is 15.3. The summed E-state index contributed by atoms with van der Waals surface area (Å²) in [5.41, 5.74) is 4.80. The van der Waals surface area contributed by atoms with E-state index in [0.29, 0.717) is 5.56 Å². The number of fused-ring (bicyclic) bond motifs is 1. The molecule has 1 aromatic carbocycles. The maximum absolute atomic E-state index is 11.8. The highest BCUT2D eigenvalue weighted by Crippen LogP contribution is 2.34. The van der Waals surface area contributed by atoms with Crippen LogP contribution in [0.25, 0.3) is 10.9 Å². The first kappa shape index (κ1) is 16.3. The van der Waals surface area contributed by atoms with E-state index in [2.05, 4.69) is 47.3 Å². The van der Waals surface area contributed by atoms with E-state index in [1.165, 1.54) is 5.56 Å². The number of nitriles is 1. The van der Waals surface area contributed by atoms with E-state index in [9.17, 15) is 10.1 Å². The quantitative estimate of drug-likeness (QED) is 0.923. The second kappa shape index (κ2) is 6.48. The fraction of sp³-hybridized carbons (Fsp3) is 0.421. The van der Waals surface area contributed by atoms with Crippen molar-refractivity contribution in [3.8, 4) is 6.07 Å². The van der Waals surface area contributed by atoms with E-state index < -0.39 is 0 Å². The van der Waals surface area contributed by atoms with Gasteiger partial charge in [0, 0.05) is 37.6 Å². The highest BCUT2D eigenvalue weighted by atomic mass is 16.1. The molecule has 1 fully saturated rings. The molecule has 24 heavy (non-hydrogen) atoms. The van der Waals surface area contributed by atoms with Crippen LogP contribution in [0.15, 0.2) is 18.3 Å². The number of aromatic nitrogens is 1. The zero-order chi connectivity index (χ0) is 17.3. The Morgan fingerprint density at radius 1 is 1.33 bits per heavy atom. The van der Waals surface area contributed by atoms with Crippen LogP contribution in [0.1, 0.15) is 29.5 Å². The van der Waals surface area contributed by atoms with Crippen molar-refractivity contribution in [3.63, 3.8) is 0 Å². The average Bonchev–Trinajstić information content (AvgIpc) is 2.60. The molecule has 0 radical (unpaired) electrons. The zero-order valence-electron chi connectivity index (χ0n) is 14.4. The van der Waals surface area contributed by atoms with Crippen molar-refractivity contribution in [1.29, 1.82) is 5.26 Å². The number of carbonyl (C=O) groups is 1. The lowest BCUT2D eigenvalue weighted by atomic mass is 9.94. The van der Waals surface area contributed by atoms with Crippen LogP contribution < -0.4 is 10.2 Å².